The zero-order valence-electron chi connectivity index (χ0n) is 19.9. The van der Waals surface area contributed by atoms with Crippen LogP contribution >= 0.6 is 38.9 Å². The quantitative estimate of drug-likeness (QED) is 0.289. The first-order valence-corrected chi connectivity index (χ1v) is 14.6. The Bertz CT molecular complexity index is 1720. The highest BCUT2D eigenvalue weighted by Gasteiger charge is 2.16. The number of hydrogen-bond donors (Lipinski definition) is 0. The van der Waals surface area contributed by atoms with E-state index in [1.54, 1.807) is 30.3 Å². The Balaban J connectivity index is 1.85. The van der Waals surface area contributed by atoms with Gasteiger partial charge in [0.1, 0.15) is 4.66 Å². The van der Waals surface area contributed by atoms with E-state index in [0.717, 1.165) is 32.5 Å². The third kappa shape index (κ3) is 6.48. The topological polar surface area (TPSA) is 76.5 Å². The van der Waals surface area contributed by atoms with Crippen LogP contribution in [0.1, 0.15) is 15.9 Å². The highest BCUT2D eigenvalue weighted by atomic mass is 79.9. The van der Waals surface area contributed by atoms with Gasteiger partial charge < -0.3 is 4.90 Å². The van der Waals surface area contributed by atoms with Crippen molar-refractivity contribution in [1.29, 1.82) is 0 Å². The molecule has 6 nitrogen and oxygen atoms in total. The molecule has 0 amide bonds. The van der Waals surface area contributed by atoms with Crippen LogP contribution in [0.15, 0.2) is 87.0 Å². The first-order valence-electron chi connectivity index (χ1n) is 11.0. The molecule has 1 heterocycles. The summed E-state index contributed by atoms with van der Waals surface area (Å²) in [6.45, 7) is -0.299. The van der Waals surface area contributed by atoms with Gasteiger partial charge in [-0.1, -0.05) is 51.8 Å². The number of carbonyl (C=O) groups excluding carboxylic acids is 1. The van der Waals surface area contributed by atoms with E-state index < -0.39 is 15.4 Å². The number of anilines is 1. The molecule has 0 saturated carbocycles. The summed E-state index contributed by atoms with van der Waals surface area (Å²) in [7, 11) is -0.0542. The van der Waals surface area contributed by atoms with Crippen molar-refractivity contribution >= 4 is 71.7 Å². The van der Waals surface area contributed by atoms with Crippen molar-refractivity contribution in [3.05, 3.63) is 113 Å². The molecule has 0 aliphatic carbocycles. The maximum atomic E-state index is 13.4. The van der Waals surface area contributed by atoms with Gasteiger partial charge in [-0.3, -0.25) is 14.2 Å². The number of rotatable bonds is 7. The van der Waals surface area contributed by atoms with Crippen molar-refractivity contribution in [2.24, 2.45) is 0 Å². The monoisotopic (exact) mass is 616 g/mol. The van der Waals surface area contributed by atoms with Crippen molar-refractivity contribution in [1.82, 2.24) is 4.57 Å². The van der Waals surface area contributed by atoms with E-state index >= 15 is 0 Å². The Labute approximate surface area is 231 Å². The van der Waals surface area contributed by atoms with Crippen molar-refractivity contribution in [3.63, 3.8) is 0 Å². The largest absolute Gasteiger partial charge is 0.378 e. The van der Waals surface area contributed by atoms with Crippen LogP contribution in [0.25, 0.3) is 11.5 Å². The van der Waals surface area contributed by atoms with Crippen LogP contribution in [0.2, 0.25) is 5.02 Å². The first-order chi connectivity index (χ1) is 17.5. The van der Waals surface area contributed by atoms with E-state index in [1.807, 2.05) is 43.3 Å². The summed E-state index contributed by atoms with van der Waals surface area (Å²) in [5, 5.41) is 1.44. The fourth-order valence-corrected chi connectivity index (χ4v) is 6.37. The van der Waals surface area contributed by atoms with Crippen molar-refractivity contribution in [2.45, 2.75) is 11.4 Å². The molecular weight excluding hydrogens is 596 g/mol. The Morgan fingerprint density at radius 1 is 1.00 bits per heavy atom. The summed E-state index contributed by atoms with van der Waals surface area (Å²) in [6, 6.07) is 20.1. The smallest absolute Gasteiger partial charge is 0.269 e. The van der Waals surface area contributed by atoms with Crippen LogP contribution in [0, 0.1) is 0 Å². The molecule has 0 spiro atoms. The molecule has 3 aromatic carbocycles. The van der Waals surface area contributed by atoms with E-state index in [-0.39, 0.29) is 21.9 Å². The predicted octanol–water partition coefficient (Wildman–Crippen LogP) is 4.32. The molecule has 4 rings (SSSR count). The summed E-state index contributed by atoms with van der Waals surface area (Å²) in [4.78, 5) is 28.4. The van der Waals surface area contributed by atoms with Crippen LogP contribution in [0.3, 0.4) is 0 Å². The van der Waals surface area contributed by atoms with Gasteiger partial charge in [0.05, 0.1) is 21.4 Å². The molecule has 0 radical (unpaired) electrons. The average molecular weight is 618 g/mol. The second kappa shape index (κ2) is 11.2. The zero-order chi connectivity index (χ0) is 26.7. The Hall–Kier alpha value is -2.98. The summed E-state index contributed by atoms with van der Waals surface area (Å²) in [5.41, 5.74) is 1.76. The van der Waals surface area contributed by atoms with Gasteiger partial charge in [-0.2, -0.15) is 0 Å². The van der Waals surface area contributed by atoms with Crippen LogP contribution < -0.4 is 19.7 Å². The van der Waals surface area contributed by atoms with Gasteiger partial charge in [0.2, 0.25) is 9.84 Å². The molecule has 37 heavy (non-hydrogen) atoms. The van der Waals surface area contributed by atoms with Crippen molar-refractivity contribution in [2.75, 3.05) is 19.0 Å². The highest BCUT2D eigenvalue weighted by Crippen LogP contribution is 2.17. The number of hydrogen-bond acceptors (Lipinski definition) is 6. The molecule has 190 valence electrons. The lowest BCUT2D eigenvalue weighted by molar-refractivity contribution is 0.0970. The third-order valence-electron chi connectivity index (χ3n) is 5.51. The Morgan fingerprint density at radius 3 is 2.22 bits per heavy atom. The number of aromatic nitrogens is 1. The van der Waals surface area contributed by atoms with E-state index in [1.165, 1.54) is 28.8 Å². The molecule has 0 fully saturated rings. The second-order valence-corrected chi connectivity index (χ2v) is 12.6. The summed E-state index contributed by atoms with van der Waals surface area (Å²) in [6.07, 6.45) is 1.69. The predicted molar refractivity (Wildman–Crippen MR) is 154 cm³/mol. The normalized spacial score (nSPS) is 12.6. The highest BCUT2D eigenvalue weighted by molar-refractivity contribution is 9.10. The van der Waals surface area contributed by atoms with Crippen molar-refractivity contribution < 1.29 is 13.2 Å². The van der Waals surface area contributed by atoms with Gasteiger partial charge in [0.25, 0.3) is 5.56 Å². The zero-order valence-corrected chi connectivity index (χ0v) is 23.9. The lowest BCUT2D eigenvalue weighted by Crippen LogP contribution is -2.34. The maximum Gasteiger partial charge on any atom is 0.269 e. The Morgan fingerprint density at radius 2 is 1.62 bits per heavy atom. The lowest BCUT2D eigenvalue weighted by Gasteiger charge is -2.11. The second-order valence-electron chi connectivity index (χ2n) is 8.37. The first kappa shape index (κ1) is 27.1. The summed E-state index contributed by atoms with van der Waals surface area (Å²) < 4.78 is 28.8. The van der Waals surface area contributed by atoms with Crippen molar-refractivity contribution in [3.8, 4) is 0 Å². The molecule has 0 saturated heterocycles. The van der Waals surface area contributed by atoms with Gasteiger partial charge >= 0.3 is 0 Å². The summed E-state index contributed by atoms with van der Waals surface area (Å²) in [5.74, 6) is -0.312. The minimum atomic E-state index is -3.92. The molecule has 0 N–H and O–H groups in total. The average Bonchev–Trinajstić information content (AvgIpc) is 3.13. The molecule has 0 aliphatic rings. The fourth-order valence-electron chi connectivity index (χ4n) is 3.49. The third-order valence-corrected chi connectivity index (χ3v) is 8.96. The number of ketones is 1. The SMILES string of the molecule is CN(C)c1ccc(/C=c2/s/c(=C\S(=O)(=O)c3ccc(Cl)cc3)n(CC(=O)c3ccc(Br)cc3)c2=O)cc1. The number of Topliss-reactive ketones (excluding diaryl/α,β-unsaturated/α-hetero) is 1. The number of nitrogens with zero attached hydrogens (tertiary/aromatic N) is 2. The molecule has 0 unspecified atom stereocenters. The number of benzene rings is 3. The van der Waals surface area contributed by atoms with Gasteiger partial charge in [-0.05, 0) is 60.2 Å². The number of thiazole rings is 1. The van der Waals surface area contributed by atoms with Gasteiger partial charge in [-0.15, -0.1) is 11.3 Å². The minimum absolute atomic E-state index is 0.0355. The molecular formula is C27H22BrClN2O4S2. The van der Waals surface area contributed by atoms with Gasteiger partial charge in [0.15, 0.2) is 5.78 Å². The molecule has 0 bridgehead atoms. The Kier molecular flexibility index (Phi) is 8.18. The van der Waals surface area contributed by atoms with E-state index in [4.69, 9.17) is 11.6 Å². The maximum absolute atomic E-state index is 13.4. The number of carbonyl (C=O) groups is 1. The summed E-state index contributed by atoms with van der Waals surface area (Å²) >= 11 is 10.3. The van der Waals surface area contributed by atoms with E-state index in [9.17, 15) is 18.0 Å². The minimum Gasteiger partial charge on any atom is -0.378 e. The van der Waals surface area contributed by atoms with Gasteiger partial charge in [0, 0.05) is 34.8 Å². The lowest BCUT2D eigenvalue weighted by atomic mass is 10.1. The standard InChI is InChI=1S/C27H22BrClN2O4S2/c1-30(2)22-11-3-18(4-12-22)15-25-27(33)31(16-24(32)19-5-7-20(28)8-6-19)26(36-25)17-37(34,35)23-13-9-21(29)10-14-23/h3-15,17H,16H2,1-2H3/b25-15+,26-17-. The van der Waals surface area contributed by atoms with Crippen LogP contribution in [-0.2, 0) is 16.4 Å². The number of halogens is 2. The van der Waals surface area contributed by atoms with Crippen LogP contribution in [0.5, 0.6) is 0 Å². The van der Waals surface area contributed by atoms with E-state index in [0.29, 0.717) is 15.1 Å². The number of sulfone groups is 1. The van der Waals surface area contributed by atoms with Crippen LogP contribution in [0.4, 0.5) is 5.69 Å². The molecule has 1 aromatic heterocycles. The molecule has 0 atom stereocenters. The molecule has 10 heteroatoms. The van der Waals surface area contributed by atoms with E-state index in [2.05, 4.69) is 15.9 Å². The van der Waals surface area contributed by atoms with Crippen LogP contribution in [-0.4, -0.2) is 32.9 Å². The van der Waals surface area contributed by atoms with Gasteiger partial charge in [-0.25, -0.2) is 8.42 Å². The fraction of sp³-hybridized carbons (Fsp3) is 0.111. The molecule has 4 aromatic rings. The molecule has 0 aliphatic heterocycles.